The maximum atomic E-state index is 11.9. The molecule has 0 aromatic heterocycles. The van der Waals surface area contributed by atoms with Gasteiger partial charge in [0.2, 0.25) is 0 Å². The van der Waals surface area contributed by atoms with Gasteiger partial charge in [0.05, 0.1) is 7.11 Å². The van der Waals surface area contributed by atoms with Gasteiger partial charge in [-0.25, -0.2) is 0 Å². The van der Waals surface area contributed by atoms with Gasteiger partial charge in [-0.1, -0.05) is 29.8 Å². The zero-order chi connectivity index (χ0) is 18.9. The number of hydrazine groups is 1. The Hall–Kier alpha value is -3.13. The van der Waals surface area contributed by atoms with E-state index in [2.05, 4.69) is 16.2 Å². The zero-order valence-electron chi connectivity index (χ0n) is 14.4. The van der Waals surface area contributed by atoms with Crippen LogP contribution < -0.4 is 25.6 Å². The minimum absolute atomic E-state index is 0.0425. The lowest BCUT2D eigenvalue weighted by Crippen LogP contribution is -2.49. The van der Waals surface area contributed by atoms with Crippen molar-refractivity contribution in [2.75, 3.05) is 13.7 Å². The van der Waals surface area contributed by atoms with Crippen LogP contribution in [-0.2, 0) is 4.79 Å². The van der Waals surface area contributed by atoms with Crippen LogP contribution in [0.2, 0.25) is 0 Å². The Morgan fingerprint density at radius 3 is 2.31 bits per heavy atom. The SMILES string of the molecule is COc1ccccc1OCC(=O)NC(=S)NNC(=O)c1ccc(C)cc1. The third-order valence-corrected chi connectivity index (χ3v) is 3.49. The van der Waals surface area contributed by atoms with Crippen molar-refractivity contribution in [2.24, 2.45) is 0 Å². The summed E-state index contributed by atoms with van der Waals surface area (Å²) in [5.74, 6) is 0.118. The van der Waals surface area contributed by atoms with Crippen LogP contribution in [0.1, 0.15) is 15.9 Å². The smallest absolute Gasteiger partial charge is 0.269 e. The standard InChI is InChI=1S/C18H19N3O4S/c1-12-7-9-13(10-8-12)17(23)20-21-18(26)19-16(22)11-25-15-6-4-3-5-14(15)24-2/h3-10H,11H2,1-2H3,(H,20,23)(H2,19,21,22,26). The lowest BCUT2D eigenvalue weighted by atomic mass is 10.1. The topological polar surface area (TPSA) is 88.7 Å². The highest BCUT2D eigenvalue weighted by atomic mass is 32.1. The number of methoxy groups -OCH3 is 1. The molecule has 7 nitrogen and oxygen atoms in total. The number of ether oxygens (including phenoxy) is 2. The highest BCUT2D eigenvalue weighted by Gasteiger charge is 2.10. The molecule has 2 rings (SSSR count). The predicted molar refractivity (Wildman–Crippen MR) is 101 cm³/mol. The molecule has 0 saturated heterocycles. The van der Waals surface area contributed by atoms with Crippen LogP contribution in [0, 0.1) is 6.92 Å². The van der Waals surface area contributed by atoms with Crippen LogP contribution in [0.3, 0.4) is 0 Å². The molecule has 0 bridgehead atoms. The molecule has 2 aromatic carbocycles. The van der Waals surface area contributed by atoms with Crippen LogP contribution in [0.15, 0.2) is 48.5 Å². The van der Waals surface area contributed by atoms with Crippen molar-refractivity contribution >= 4 is 29.1 Å². The van der Waals surface area contributed by atoms with Crippen LogP contribution in [0.25, 0.3) is 0 Å². The number of hydrogen-bond acceptors (Lipinski definition) is 5. The Bertz CT molecular complexity index is 793. The van der Waals surface area contributed by atoms with E-state index in [0.29, 0.717) is 17.1 Å². The van der Waals surface area contributed by atoms with Crippen molar-refractivity contribution in [1.29, 1.82) is 0 Å². The lowest BCUT2D eigenvalue weighted by molar-refractivity contribution is -0.121. The van der Waals surface area contributed by atoms with Gasteiger partial charge in [0.15, 0.2) is 23.2 Å². The number of benzene rings is 2. The van der Waals surface area contributed by atoms with Crippen LogP contribution in [-0.4, -0.2) is 30.6 Å². The van der Waals surface area contributed by atoms with E-state index >= 15 is 0 Å². The molecule has 0 saturated carbocycles. The molecule has 0 aliphatic rings. The summed E-state index contributed by atoms with van der Waals surface area (Å²) in [5.41, 5.74) is 6.39. The molecule has 0 unspecified atom stereocenters. The van der Waals surface area contributed by atoms with E-state index in [0.717, 1.165) is 5.56 Å². The van der Waals surface area contributed by atoms with Gasteiger partial charge in [-0.3, -0.25) is 25.8 Å². The second-order valence-electron chi connectivity index (χ2n) is 5.26. The normalized spacial score (nSPS) is 9.77. The predicted octanol–water partition coefficient (Wildman–Crippen LogP) is 1.72. The minimum Gasteiger partial charge on any atom is -0.493 e. The highest BCUT2D eigenvalue weighted by Crippen LogP contribution is 2.25. The number of carbonyl (C=O) groups excluding carboxylic acids is 2. The Kier molecular flexibility index (Phi) is 6.92. The number of thiocarbonyl (C=S) groups is 1. The molecule has 136 valence electrons. The molecule has 0 radical (unpaired) electrons. The molecule has 2 aromatic rings. The summed E-state index contributed by atoms with van der Waals surface area (Å²) in [6.07, 6.45) is 0. The van der Waals surface area contributed by atoms with Crippen molar-refractivity contribution in [3.05, 3.63) is 59.7 Å². The van der Waals surface area contributed by atoms with Crippen LogP contribution >= 0.6 is 12.2 Å². The minimum atomic E-state index is -0.474. The fourth-order valence-corrected chi connectivity index (χ4v) is 2.13. The van der Waals surface area contributed by atoms with Gasteiger partial charge >= 0.3 is 0 Å². The second-order valence-corrected chi connectivity index (χ2v) is 5.67. The fourth-order valence-electron chi connectivity index (χ4n) is 1.97. The third-order valence-electron chi connectivity index (χ3n) is 3.28. The molecule has 0 aliphatic heterocycles. The molecule has 8 heteroatoms. The Morgan fingerprint density at radius 1 is 1.00 bits per heavy atom. The zero-order valence-corrected chi connectivity index (χ0v) is 15.2. The van der Waals surface area contributed by atoms with Gasteiger partial charge in [0, 0.05) is 5.56 Å². The maximum absolute atomic E-state index is 11.9. The second kappa shape index (κ2) is 9.38. The van der Waals surface area contributed by atoms with E-state index in [1.807, 2.05) is 19.1 Å². The van der Waals surface area contributed by atoms with E-state index in [1.54, 1.807) is 36.4 Å². The lowest BCUT2D eigenvalue weighted by Gasteiger charge is -2.12. The van der Waals surface area contributed by atoms with Gasteiger partial charge in [-0.05, 0) is 43.4 Å². The largest absolute Gasteiger partial charge is 0.493 e. The van der Waals surface area contributed by atoms with E-state index in [4.69, 9.17) is 21.7 Å². The van der Waals surface area contributed by atoms with Gasteiger partial charge in [0.25, 0.3) is 11.8 Å². The molecule has 2 amide bonds. The highest BCUT2D eigenvalue weighted by molar-refractivity contribution is 7.80. The van der Waals surface area contributed by atoms with E-state index in [-0.39, 0.29) is 17.6 Å². The molecule has 0 heterocycles. The van der Waals surface area contributed by atoms with Gasteiger partial charge in [-0.2, -0.15) is 0 Å². The summed E-state index contributed by atoms with van der Waals surface area (Å²) in [6.45, 7) is 1.67. The summed E-state index contributed by atoms with van der Waals surface area (Å²) in [7, 11) is 1.51. The summed E-state index contributed by atoms with van der Waals surface area (Å²) < 4.78 is 10.5. The molecule has 0 aliphatic carbocycles. The Balaban J connectivity index is 1.75. The van der Waals surface area contributed by atoms with Crippen molar-refractivity contribution in [3.8, 4) is 11.5 Å². The number of aryl methyl sites for hydroxylation is 1. The fraction of sp³-hybridized carbons (Fsp3) is 0.167. The summed E-state index contributed by atoms with van der Waals surface area (Å²) in [5, 5.41) is 2.36. The average Bonchev–Trinajstić information content (AvgIpc) is 2.65. The van der Waals surface area contributed by atoms with Crippen molar-refractivity contribution in [3.63, 3.8) is 0 Å². The van der Waals surface area contributed by atoms with Gasteiger partial charge in [-0.15, -0.1) is 0 Å². The molecule has 26 heavy (non-hydrogen) atoms. The van der Waals surface area contributed by atoms with E-state index < -0.39 is 5.91 Å². The molecular weight excluding hydrogens is 354 g/mol. The number of para-hydroxylation sites is 2. The van der Waals surface area contributed by atoms with Crippen LogP contribution in [0.5, 0.6) is 11.5 Å². The molecule has 3 N–H and O–H groups in total. The van der Waals surface area contributed by atoms with E-state index in [9.17, 15) is 9.59 Å². The average molecular weight is 373 g/mol. The number of amides is 2. The first-order valence-corrected chi connectivity index (χ1v) is 8.13. The van der Waals surface area contributed by atoms with Gasteiger partial charge < -0.3 is 9.47 Å². The van der Waals surface area contributed by atoms with Crippen molar-refractivity contribution < 1.29 is 19.1 Å². The monoisotopic (exact) mass is 373 g/mol. The molecule has 0 fully saturated rings. The summed E-state index contributed by atoms with van der Waals surface area (Å²) >= 11 is 4.96. The van der Waals surface area contributed by atoms with Crippen molar-refractivity contribution in [2.45, 2.75) is 6.92 Å². The number of carbonyl (C=O) groups is 2. The Labute approximate surface area is 156 Å². The first-order chi connectivity index (χ1) is 12.5. The third kappa shape index (κ3) is 5.75. The number of nitrogens with one attached hydrogen (secondary N) is 3. The summed E-state index contributed by atoms with van der Waals surface area (Å²) in [4.78, 5) is 23.8. The van der Waals surface area contributed by atoms with Crippen molar-refractivity contribution in [1.82, 2.24) is 16.2 Å². The summed E-state index contributed by atoms with van der Waals surface area (Å²) in [6, 6.07) is 14.0. The van der Waals surface area contributed by atoms with Gasteiger partial charge in [0.1, 0.15) is 0 Å². The quantitative estimate of drug-likeness (QED) is 0.546. The molecule has 0 spiro atoms. The van der Waals surface area contributed by atoms with Crippen LogP contribution in [0.4, 0.5) is 0 Å². The Morgan fingerprint density at radius 2 is 1.65 bits per heavy atom. The number of rotatable bonds is 5. The number of hydrogen-bond donors (Lipinski definition) is 3. The first kappa shape index (κ1) is 19.2. The first-order valence-electron chi connectivity index (χ1n) is 7.72. The molecule has 0 atom stereocenters. The molecular formula is C18H19N3O4S. The van der Waals surface area contributed by atoms with E-state index in [1.165, 1.54) is 7.11 Å². The maximum Gasteiger partial charge on any atom is 0.269 e.